The molecule has 31 heavy (non-hydrogen) atoms. The number of benzene rings is 1. The van der Waals surface area contributed by atoms with Crippen LogP contribution in [0.2, 0.25) is 0 Å². The van der Waals surface area contributed by atoms with Crippen molar-refractivity contribution < 1.29 is 13.2 Å². The number of sulfonamides is 1. The maximum atomic E-state index is 12.7. The molecule has 1 N–H and O–H groups in total. The first kappa shape index (κ1) is 21.2. The summed E-state index contributed by atoms with van der Waals surface area (Å²) in [6.45, 7) is 1.06. The molecule has 0 aliphatic carbocycles. The quantitative estimate of drug-likeness (QED) is 0.608. The van der Waals surface area contributed by atoms with E-state index in [4.69, 9.17) is 0 Å². The zero-order valence-electron chi connectivity index (χ0n) is 17.1. The first-order valence-corrected chi connectivity index (χ1v) is 11.9. The molecule has 1 saturated heterocycles. The summed E-state index contributed by atoms with van der Waals surface area (Å²) >= 11 is 0. The number of hydrogen-bond acceptors (Lipinski definition) is 5. The molecule has 8 nitrogen and oxygen atoms in total. The summed E-state index contributed by atoms with van der Waals surface area (Å²) in [7, 11) is -3.39. The van der Waals surface area contributed by atoms with Gasteiger partial charge in [0.25, 0.3) is 0 Å². The smallest absolute Gasteiger partial charge is 0.223 e. The van der Waals surface area contributed by atoms with E-state index < -0.39 is 10.0 Å². The first-order chi connectivity index (χ1) is 15.0. The number of amides is 1. The van der Waals surface area contributed by atoms with E-state index in [1.165, 1.54) is 4.31 Å². The lowest BCUT2D eigenvalue weighted by Gasteiger charge is -2.30. The average molecular weight is 440 g/mol. The average Bonchev–Trinajstić information content (AvgIpc) is 3.33. The Morgan fingerprint density at radius 3 is 2.52 bits per heavy atom. The van der Waals surface area contributed by atoms with Crippen molar-refractivity contribution in [2.75, 3.05) is 13.1 Å². The molecule has 2 aromatic heterocycles. The first-order valence-electron chi connectivity index (χ1n) is 10.3. The van der Waals surface area contributed by atoms with Gasteiger partial charge in [-0.05, 0) is 30.5 Å². The highest BCUT2D eigenvalue weighted by molar-refractivity contribution is 7.88. The van der Waals surface area contributed by atoms with E-state index in [0.29, 0.717) is 38.3 Å². The van der Waals surface area contributed by atoms with Crippen molar-refractivity contribution >= 4 is 15.9 Å². The lowest BCUT2D eigenvalue weighted by Crippen LogP contribution is -2.43. The highest BCUT2D eigenvalue weighted by atomic mass is 32.2. The summed E-state index contributed by atoms with van der Waals surface area (Å²) in [5.74, 6) is 0.403. The molecule has 1 aromatic carbocycles. The van der Waals surface area contributed by atoms with Gasteiger partial charge >= 0.3 is 0 Å². The maximum Gasteiger partial charge on any atom is 0.223 e. The van der Waals surface area contributed by atoms with Crippen LogP contribution >= 0.6 is 0 Å². The fourth-order valence-electron chi connectivity index (χ4n) is 3.77. The van der Waals surface area contributed by atoms with E-state index in [9.17, 15) is 13.2 Å². The van der Waals surface area contributed by atoms with Crippen LogP contribution in [0, 0.1) is 5.92 Å². The number of carbonyl (C=O) groups excluding carboxylic acids is 1. The van der Waals surface area contributed by atoms with Crippen molar-refractivity contribution in [3.8, 4) is 5.82 Å². The molecule has 0 bridgehead atoms. The van der Waals surface area contributed by atoms with Crippen LogP contribution in [0.3, 0.4) is 0 Å². The maximum absolute atomic E-state index is 12.7. The van der Waals surface area contributed by atoms with E-state index in [1.807, 2.05) is 48.5 Å². The highest BCUT2D eigenvalue weighted by Gasteiger charge is 2.31. The zero-order chi connectivity index (χ0) is 21.7. The molecule has 9 heteroatoms. The summed E-state index contributed by atoms with van der Waals surface area (Å²) in [5, 5.41) is 7.18. The molecule has 0 unspecified atom stereocenters. The molecule has 1 aliphatic heterocycles. The van der Waals surface area contributed by atoms with E-state index >= 15 is 0 Å². The summed E-state index contributed by atoms with van der Waals surface area (Å²) in [6, 6.07) is 14.7. The van der Waals surface area contributed by atoms with Gasteiger partial charge in [0.1, 0.15) is 0 Å². The monoisotopic (exact) mass is 439 g/mol. The van der Waals surface area contributed by atoms with Gasteiger partial charge in [-0.3, -0.25) is 4.79 Å². The number of carbonyl (C=O) groups is 1. The van der Waals surface area contributed by atoms with Crippen LogP contribution in [-0.2, 0) is 27.1 Å². The molecular weight excluding hydrogens is 414 g/mol. The van der Waals surface area contributed by atoms with Crippen molar-refractivity contribution in [2.24, 2.45) is 5.92 Å². The Morgan fingerprint density at radius 2 is 1.81 bits per heavy atom. The van der Waals surface area contributed by atoms with Crippen molar-refractivity contribution in [3.05, 3.63) is 78.2 Å². The molecular formula is C22H25N5O3S. The lowest BCUT2D eigenvalue weighted by atomic mass is 9.97. The summed E-state index contributed by atoms with van der Waals surface area (Å²) < 4.78 is 28.6. The lowest BCUT2D eigenvalue weighted by molar-refractivity contribution is -0.126. The topological polar surface area (TPSA) is 97.2 Å². The fraction of sp³-hybridized carbons (Fsp3) is 0.318. The number of nitrogens with one attached hydrogen (secondary N) is 1. The molecule has 3 aromatic rings. The van der Waals surface area contributed by atoms with Crippen molar-refractivity contribution in [1.82, 2.24) is 24.4 Å². The van der Waals surface area contributed by atoms with Gasteiger partial charge in [-0.15, -0.1) is 0 Å². The van der Waals surface area contributed by atoms with Crippen molar-refractivity contribution in [2.45, 2.75) is 25.1 Å². The normalized spacial score (nSPS) is 15.6. The Bertz CT molecular complexity index is 1110. The van der Waals surface area contributed by atoms with Crippen LogP contribution in [-0.4, -0.2) is 46.5 Å². The number of aromatic nitrogens is 3. The summed E-state index contributed by atoms with van der Waals surface area (Å²) in [5.41, 5.74) is 1.63. The molecule has 0 atom stereocenters. The van der Waals surface area contributed by atoms with Gasteiger partial charge in [0.2, 0.25) is 15.9 Å². The molecule has 0 spiro atoms. The van der Waals surface area contributed by atoms with Crippen LogP contribution in [0.15, 0.2) is 67.1 Å². The minimum atomic E-state index is -3.39. The molecule has 0 saturated carbocycles. The van der Waals surface area contributed by atoms with Gasteiger partial charge in [0.05, 0.1) is 5.75 Å². The molecule has 1 amide bonds. The molecule has 4 rings (SSSR count). The second-order valence-corrected chi connectivity index (χ2v) is 9.54. The third-order valence-corrected chi connectivity index (χ3v) is 7.30. The Kier molecular flexibility index (Phi) is 6.43. The number of piperidine rings is 1. The second kappa shape index (κ2) is 9.40. The molecule has 162 valence electrons. The van der Waals surface area contributed by atoms with Gasteiger partial charge in [0, 0.05) is 49.7 Å². The molecule has 1 fully saturated rings. The fourth-order valence-corrected chi connectivity index (χ4v) is 5.33. The van der Waals surface area contributed by atoms with Crippen molar-refractivity contribution in [1.29, 1.82) is 0 Å². The van der Waals surface area contributed by atoms with Gasteiger partial charge in [-0.25, -0.2) is 22.4 Å². The van der Waals surface area contributed by atoms with E-state index in [2.05, 4.69) is 15.4 Å². The minimum absolute atomic E-state index is 0.0120. The van der Waals surface area contributed by atoms with Crippen LogP contribution in [0.4, 0.5) is 0 Å². The van der Waals surface area contributed by atoms with Crippen LogP contribution < -0.4 is 5.32 Å². The SMILES string of the molecule is O=C(NCc1cccnc1-n1cccn1)C1CCN(S(=O)(=O)Cc2ccccc2)CC1. The van der Waals surface area contributed by atoms with Gasteiger partial charge in [-0.2, -0.15) is 5.10 Å². The Hall–Kier alpha value is -3.04. The summed E-state index contributed by atoms with van der Waals surface area (Å²) in [6.07, 6.45) is 6.20. The Labute approximate surface area is 182 Å². The standard InChI is InChI=1S/C22H25N5O3S/c28-22(24-16-20-8-4-11-23-21(20)27-13-5-12-25-27)19-9-14-26(15-10-19)31(29,30)17-18-6-2-1-3-7-18/h1-8,11-13,19H,9-10,14-17H2,(H,24,28). The van der Waals surface area contributed by atoms with Gasteiger partial charge < -0.3 is 5.32 Å². The number of pyridine rings is 1. The largest absolute Gasteiger partial charge is 0.352 e. The summed E-state index contributed by atoms with van der Waals surface area (Å²) in [4.78, 5) is 17.1. The van der Waals surface area contributed by atoms with Gasteiger partial charge in [-0.1, -0.05) is 36.4 Å². The molecule has 3 heterocycles. The minimum Gasteiger partial charge on any atom is -0.352 e. The second-order valence-electron chi connectivity index (χ2n) is 7.57. The molecule has 0 radical (unpaired) electrons. The predicted molar refractivity (Wildman–Crippen MR) is 117 cm³/mol. The predicted octanol–water partition coefficient (Wildman–Crippen LogP) is 2.13. The Morgan fingerprint density at radius 1 is 1.03 bits per heavy atom. The number of rotatable bonds is 7. The zero-order valence-corrected chi connectivity index (χ0v) is 17.9. The third kappa shape index (κ3) is 5.18. The molecule has 1 aliphatic rings. The van der Waals surface area contributed by atoms with Crippen molar-refractivity contribution in [3.63, 3.8) is 0 Å². The van der Waals surface area contributed by atoms with Crippen LogP contribution in [0.5, 0.6) is 0 Å². The number of nitrogens with zero attached hydrogens (tertiary/aromatic N) is 4. The van der Waals surface area contributed by atoms with E-state index in [0.717, 1.165) is 11.1 Å². The highest BCUT2D eigenvalue weighted by Crippen LogP contribution is 2.22. The number of hydrogen-bond donors (Lipinski definition) is 1. The van der Waals surface area contributed by atoms with E-state index in [-0.39, 0.29) is 17.6 Å². The Balaban J connectivity index is 1.31. The van der Waals surface area contributed by atoms with Crippen LogP contribution in [0.1, 0.15) is 24.0 Å². The third-order valence-electron chi connectivity index (χ3n) is 5.45. The van der Waals surface area contributed by atoms with E-state index in [1.54, 1.807) is 23.3 Å². The van der Waals surface area contributed by atoms with Crippen LogP contribution in [0.25, 0.3) is 5.82 Å². The van der Waals surface area contributed by atoms with Gasteiger partial charge in [0.15, 0.2) is 5.82 Å².